The van der Waals surface area contributed by atoms with Crippen molar-refractivity contribution in [2.75, 3.05) is 7.11 Å². The van der Waals surface area contributed by atoms with E-state index < -0.39 is 0 Å². The van der Waals surface area contributed by atoms with Gasteiger partial charge in [0, 0.05) is 6.04 Å². The maximum Gasteiger partial charge on any atom is 0.238 e. The first-order valence-corrected chi connectivity index (χ1v) is 8.31. The molecular weight excluding hydrogens is 294 g/mol. The van der Waals surface area contributed by atoms with Crippen LogP contribution in [-0.4, -0.2) is 19.1 Å². The number of methoxy groups -OCH3 is 1. The van der Waals surface area contributed by atoms with Crippen LogP contribution in [0.3, 0.4) is 0 Å². The maximum absolute atomic E-state index is 12.6. The van der Waals surface area contributed by atoms with Gasteiger partial charge in [-0.2, -0.15) is 0 Å². The summed E-state index contributed by atoms with van der Waals surface area (Å²) in [5.41, 5.74) is 1.01. The summed E-state index contributed by atoms with van der Waals surface area (Å²) >= 11 is 1.53. The minimum absolute atomic E-state index is 0.0737. The lowest BCUT2D eigenvalue weighted by atomic mass is 10.1. The molecule has 1 unspecified atom stereocenters. The molecule has 3 rings (SSSR count). The first kappa shape index (κ1) is 15.0. The Kier molecular flexibility index (Phi) is 4.68. The summed E-state index contributed by atoms with van der Waals surface area (Å²) in [7, 11) is 1.65. The number of para-hydroxylation sites is 1. The standard InChI is InChI=1S/C18H19NO2S/c1-21-15-9-5-6-10-16(15)22-17(13-7-3-2-4-8-13)18(20)19-14-11-12-14/h2-10,14,17H,11-12H2,1H3,(H,19,20). The van der Waals surface area contributed by atoms with Crippen LogP contribution >= 0.6 is 11.8 Å². The van der Waals surface area contributed by atoms with Crippen molar-refractivity contribution in [1.82, 2.24) is 5.32 Å². The minimum Gasteiger partial charge on any atom is -0.496 e. The third kappa shape index (κ3) is 3.63. The van der Waals surface area contributed by atoms with E-state index in [1.807, 2.05) is 54.6 Å². The predicted molar refractivity (Wildman–Crippen MR) is 89.2 cm³/mol. The van der Waals surface area contributed by atoms with Gasteiger partial charge in [0.15, 0.2) is 0 Å². The lowest BCUT2D eigenvalue weighted by Crippen LogP contribution is -2.29. The number of hydrogen-bond acceptors (Lipinski definition) is 3. The van der Waals surface area contributed by atoms with Gasteiger partial charge in [-0.25, -0.2) is 0 Å². The average molecular weight is 313 g/mol. The van der Waals surface area contributed by atoms with Gasteiger partial charge in [-0.15, -0.1) is 11.8 Å². The molecule has 0 bridgehead atoms. The minimum atomic E-state index is -0.266. The SMILES string of the molecule is COc1ccccc1SC(C(=O)NC1CC1)c1ccccc1. The molecule has 2 aromatic rings. The summed E-state index contributed by atoms with van der Waals surface area (Å²) in [6.45, 7) is 0. The molecule has 1 aliphatic carbocycles. The Hall–Kier alpha value is -1.94. The van der Waals surface area contributed by atoms with Crippen molar-refractivity contribution in [2.24, 2.45) is 0 Å². The van der Waals surface area contributed by atoms with Crippen LogP contribution in [0.2, 0.25) is 0 Å². The van der Waals surface area contributed by atoms with E-state index in [0.717, 1.165) is 29.1 Å². The van der Waals surface area contributed by atoms with E-state index in [9.17, 15) is 4.79 Å². The second-order valence-electron chi connectivity index (χ2n) is 5.34. The van der Waals surface area contributed by atoms with Gasteiger partial charge in [0.2, 0.25) is 5.91 Å². The van der Waals surface area contributed by atoms with E-state index in [2.05, 4.69) is 5.32 Å². The molecule has 0 saturated heterocycles. The zero-order chi connectivity index (χ0) is 15.4. The Balaban J connectivity index is 1.86. The van der Waals surface area contributed by atoms with Crippen LogP contribution in [0.1, 0.15) is 23.7 Å². The second-order valence-corrected chi connectivity index (χ2v) is 6.49. The Morgan fingerprint density at radius 2 is 1.82 bits per heavy atom. The van der Waals surface area contributed by atoms with E-state index >= 15 is 0 Å². The largest absolute Gasteiger partial charge is 0.496 e. The highest BCUT2D eigenvalue weighted by molar-refractivity contribution is 8.00. The maximum atomic E-state index is 12.6. The molecule has 1 amide bonds. The molecule has 1 saturated carbocycles. The number of thioether (sulfide) groups is 1. The van der Waals surface area contributed by atoms with Gasteiger partial charge >= 0.3 is 0 Å². The van der Waals surface area contributed by atoms with Crippen LogP contribution in [0.5, 0.6) is 5.75 Å². The van der Waals surface area contributed by atoms with Crippen molar-refractivity contribution in [3.63, 3.8) is 0 Å². The number of amides is 1. The molecule has 0 aromatic heterocycles. The monoisotopic (exact) mass is 313 g/mol. The third-order valence-corrected chi connectivity index (χ3v) is 4.89. The molecule has 1 fully saturated rings. The third-order valence-electron chi connectivity index (χ3n) is 3.58. The summed E-state index contributed by atoms with van der Waals surface area (Å²) in [6, 6.07) is 18.1. The van der Waals surface area contributed by atoms with Gasteiger partial charge in [-0.3, -0.25) is 4.79 Å². The molecule has 3 nitrogen and oxygen atoms in total. The lowest BCUT2D eigenvalue weighted by Gasteiger charge is -2.18. The van der Waals surface area contributed by atoms with Crippen LogP contribution in [0.15, 0.2) is 59.5 Å². The van der Waals surface area contributed by atoms with E-state index in [1.54, 1.807) is 7.11 Å². The van der Waals surface area contributed by atoms with Crippen molar-refractivity contribution in [3.05, 3.63) is 60.2 Å². The predicted octanol–water partition coefficient (Wildman–Crippen LogP) is 3.81. The number of benzene rings is 2. The number of carbonyl (C=O) groups is 1. The second kappa shape index (κ2) is 6.88. The zero-order valence-electron chi connectivity index (χ0n) is 12.5. The molecule has 0 radical (unpaired) electrons. The zero-order valence-corrected chi connectivity index (χ0v) is 13.3. The first-order valence-electron chi connectivity index (χ1n) is 7.43. The topological polar surface area (TPSA) is 38.3 Å². The normalized spacial score (nSPS) is 15.1. The van der Waals surface area contributed by atoms with Crippen LogP contribution in [0.4, 0.5) is 0 Å². The summed E-state index contributed by atoms with van der Waals surface area (Å²) in [6.07, 6.45) is 2.18. The Labute approximate surface area is 135 Å². The molecule has 0 spiro atoms. The van der Waals surface area contributed by atoms with E-state index in [4.69, 9.17) is 4.74 Å². The highest BCUT2D eigenvalue weighted by Gasteiger charge is 2.29. The fourth-order valence-corrected chi connectivity index (χ4v) is 3.40. The summed E-state index contributed by atoms with van der Waals surface area (Å²) in [5.74, 6) is 0.872. The molecule has 4 heteroatoms. The molecule has 22 heavy (non-hydrogen) atoms. The smallest absolute Gasteiger partial charge is 0.238 e. The number of rotatable bonds is 6. The summed E-state index contributed by atoms with van der Waals surface area (Å²) in [4.78, 5) is 13.6. The van der Waals surface area contributed by atoms with E-state index in [1.165, 1.54) is 11.8 Å². The highest BCUT2D eigenvalue weighted by atomic mass is 32.2. The molecule has 1 N–H and O–H groups in total. The molecule has 1 atom stereocenters. The van der Waals surface area contributed by atoms with Gasteiger partial charge < -0.3 is 10.1 Å². The number of hydrogen-bond donors (Lipinski definition) is 1. The lowest BCUT2D eigenvalue weighted by molar-refractivity contribution is -0.120. The van der Waals surface area contributed by atoms with Crippen molar-refractivity contribution < 1.29 is 9.53 Å². The first-order chi connectivity index (χ1) is 10.8. The molecule has 2 aromatic carbocycles. The van der Waals surface area contributed by atoms with Crippen LogP contribution in [0, 0.1) is 0 Å². The fourth-order valence-electron chi connectivity index (χ4n) is 2.25. The highest BCUT2D eigenvalue weighted by Crippen LogP contribution is 2.40. The van der Waals surface area contributed by atoms with Gasteiger partial charge in [-0.05, 0) is 30.5 Å². The van der Waals surface area contributed by atoms with Crippen molar-refractivity contribution in [2.45, 2.75) is 29.0 Å². The van der Waals surface area contributed by atoms with Crippen LogP contribution < -0.4 is 10.1 Å². The molecule has 0 aliphatic heterocycles. The van der Waals surface area contributed by atoms with Gasteiger partial charge in [0.1, 0.15) is 11.0 Å². The van der Waals surface area contributed by atoms with Crippen molar-refractivity contribution >= 4 is 17.7 Å². The van der Waals surface area contributed by atoms with Crippen molar-refractivity contribution in [1.29, 1.82) is 0 Å². The van der Waals surface area contributed by atoms with Crippen molar-refractivity contribution in [3.8, 4) is 5.75 Å². The molecule has 0 heterocycles. The Morgan fingerprint density at radius 3 is 2.50 bits per heavy atom. The van der Waals surface area contributed by atoms with Gasteiger partial charge in [-0.1, -0.05) is 42.5 Å². The van der Waals surface area contributed by atoms with Gasteiger partial charge in [0.05, 0.1) is 12.0 Å². The Morgan fingerprint density at radius 1 is 1.14 bits per heavy atom. The number of ether oxygens (including phenoxy) is 1. The molecule has 114 valence electrons. The fraction of sp³-hybridized carbons (Fsp3) is 0.278. The summed E-state index contributed by atoms with van der Waals surface area (Å²) in [5, 5.41) is 2.84. The molecule has 1 aliphatic rings. The molecular formula is C18H19NO2S. The number of carbonyl (C=O) groups excluding carboxylic acids is 1. The Bertz CT molecular complexity index is 641. The summed E-state index contributed by atoms with van der Waals surface area (Å²) < 4.78 is 5.40. The average Bonchev–Trinajstić information content (AvgIpc) is 3.37. The van der Waals surface area contributed by atoms with E-state index in [-0.39, 0.29) is 11.2 Å². The van der Waals surface area contributed by atoms with Gasteiger partial charge in [0.25, 0.3) is 0 Å². The van der Waals surface area contributed by atoms with E-state index in [0.29, 0.717) is 6.04 Å². The quantitative estimate of drug-likeness (QED) is 0.824. The number of nitrogens with one attached hydrogen (secondary N) is 1. The van der Waals surface area contributed by atoms with Crippen LogP contribution in [-0.2, 0) is 4.79 Å². The van der Waals surface area contributed by atoms with Crippen LogP contribution in [0.25, 0.3) is 0 Å².